The second-order valence-corrected chi connectivity index (χ2v) is 4.38. The zero-order chi connectivity index (χ0) is 12.3. The summed E-state index contributed by atoms with van der Waals surface area (Å²) in [6.45, 7) is 4.91. The van der Waals surface area contributed by atoms with E-state index in [1.165, 1.54) is 0 Å². The zero-order valence-corrected chi connectivity index (χ0v) is 9.98. The molecule has 2 aliphatic heterocycles. The minimum absolute atomic E-state index is 0.146. The maximum absolute atomic E-state index is 11.6. The average Bonchev–Trinajstić information content (AvgIpc) is 2.12. The van der Waals surface area contributed by atoms with Crippen LogP contribution in [0.1, 0.15) is 13.3 Å². The summed E-state index contributed by atoms with van der Waals surface area (Å²) >= 11 is 0. The number of likely N-dealkylation sites (tertiary alicyclic amines) is 1. The Kier molecular flexibility index (Phi) is 3.96. The molecule has 0 atom stereocenters. The fourth-order valence-corrected chi connectivity index (χ4v) is 1.90. The summed E-state index contributed by atoms with van der Waals surface area (Å²) in [7, 11) is 0. The molecule has 0 unspecified atom stereocenters. The van der Waals surface area contributed by atoms with Crippen molar-refractivity contribution in [1.29, 1.82) is 0 Å². The second kappa shape index (κ2) is 5.46. The molecular formula is C11H18N2O4. The average molecular weight is 242 g/mol. The van der Waals surface area contributed by atoms with Gasteiger partial charge in [-0.1, -0.05) is 0 Å². The van der Waals surface area contributed by atoms with Gasteiger partial charge in [0.15, 0.2) is 0 Å². The van der Waals surface area contributed by atoms with Gasteiger partial charge in [0.25, 0.3) is 0 Å². The van der Waals surface area contributed by atoms with Crippen LogP contribution in [0.3, 0.4) is 0 Å². The highest BCUT2D eigenvalue weighted by atomic mass is 16.5. The molecule has 2 fully saturated rings. The first-order valence-corrected chi connectivity index (χ1v) is 5.96. The standard InChI is InChI=1S/C11H18N2O4/c1-2-17-11(15)3-10(14)13-4-8(5-13)12-9-6-16-7-9/h8-9,12H,2-7H2,1H3. The minimum atomic E-state index is -0.443. The van der Waals surface area contributed by atoms with Gasteiger partial charge in [-0.2, -0.15) is 0 Å². The molecule has 0 aromatic heterocycles. The van der Waals surface area contributed by atoms with Crippen LogP contribution in [0.5, 0.6) is 0 Å². The normalized spacial score (nSPS) is 20.6. The molecule has 1 N–H and O–H groups in total. The van der Waals surface area contributed by atoms with Crippen LogP contribution in [0.15, 0.2) is 0 Å². The van der Waals surface area contributed by atoms with Crippen molar-refractivity contribution in [3.63, 3.8) is 0 Å². The van der Waals surface area contributed by atoms with Crippen molar-refractivity contribution in [3.8, 4) is 0 Å². The van der Waals surface area contributed by atoms with Gasteiger partial charge in [-0.25, -0.2) is 0 Å². The lowest BCUT2D eigenvalue weighted by molar-refractivity contribution is -0.150. The molecule has 2 rings (SSSR count). The molecule has 0 spiro atoms. The molecule has 0 radical (unpaired) electrons. The number of amides is 1. The lowest BCUT2D eigenvalue weighted by Crippen LogP contribution is -2.64. The van der Waals surface area contributed by atoms with Gasteiger partial charge in [0.2, 0.25) is 5.91 Å². The van der Waals surface area contributed by atoms with E-state index in [2.05, 4.69) is 5.32 Å². The molecule has 1 amide bonds. The van der Waals surface area contributed by atoms with Crippen molar-refractivity contribution in [3.05, 3.63) is 0 Å². The summed E-state index contributed by atoms with van der Waals surface area (Å²) in [4.78, 5) is 24.4. The van der Waals surface area contributed by atoms with Crippen LogP contribution in [-0.2, 0) is 19.1 Å². The highest BCUT2D eigenvalue weighted by molar-refractivity contribution is 5.94. The van der Waals surface area contributed by atoms with Crippen molar-refractivity contribution in [1.82, 2.24) is 10.2 Å². The maximum atomic E-state index is 11.6. The van der Waals surface area contributed by atoms with E-state index in [1.54, 1.807) is 11.8 Å². The van der Waals surface area contributed by atoms with E-state index in [0.29, 0.717) is 31.8 Å². The fourth-order valence-electron chi connectivity index (χ4n) is 1.90. The Hall–Kier alpha value is -1.14. The molecule has 2 heterocycles. The summed E-state index contributed by atoms with van der Waals surface area (Å²) in [5, 5.41) is 3.38. The van der Waals surface area contributed by atoms with E-state index in [-0.39, 0.29) is 12.3 Å². The van der Waals surface area contributed by atoms with E-state index in [1.807, 2.05) is 0 Å². The Labute approximate surface area is 100 Å². The molecule has 0 aliphatic carbocycles. The number of nitrogens with zero attached hydrogens (tertiary/aromatic N) is 1. The van der Waals surface area contributed by atoms with Crippen LogP contribution < -0.4 is 5.32 Å². The van der Waals surface area contributed by atoms with E-state index in [0.717, 1.165) is 13.2 Å². The first-order valence-electron chi connectivity index (χ1n) is 5.96. The molecule has 2 saturated heterocycles. The van der Waals surface area contributed by atoms with E-state index in [9.17, 15) is 9.59 Å². The van der Waals surface area contributed by atoms with E-state index in [4.69, 9.17) is 9.47 Å². The quantitative estimate of drug-likeness (QED) is 0.502. The van der Waals surface area contributed by atoms with E-state index < -0.39 is 5.97 Å². The maximum Gasteiger partial charge on any atom is 0.315 e. The van der Waals surface area contributed by atoms with E-state index >= 15 is 0 Å². The number of rotatable bonds is 5. The van der Waals surface area contributed by atoms with Gasteiger partial charge >= 0.3 is 5.97 Å². The third kappa shape index (κ3) is 3.17. The van der Waals surface area contributed by atoms with Gasteiger partial charge in [0.05, 0.1) is 25.9 Å². The second-order valence-electron chi connectivity index (χ2n) is 4.38. The number of ether oxygens (including phenoxy) is 2. The highest BCUT2D eigenvalue weighted by Gasteiger charge is 2.34. The number of carbonyl (C=O) groups is 2. The largest absolute Gasteiger partial charge is 0.466 e. The number of hydrogen-bond donors (Lipinski definition) is 1. The van der Waals surface area contributed by atoms with Crippen LogP contribution in [-0.4, -0.2) is 61.8 Å². The molecule has 0 aromatic carbocycles. The van der Waals surface area contributed by atoms with Crippen molar-refractivity contribution in [2.75, 3.05) is 32.9 Å². The van der Waals surface area contributed by atoms with Crippen LogP contribution in [0.2, 0.25) is 0 Å². The summed E-state index contributed by atoms with van der Waals surface area (Å²) in [6.07, 6.45) is -0.146. The summed E-state index contributed by atoms with van der Waals surface area (Å²) in [5.41, 5.74) is 0. The number of esters is 1. The number of hydrogen-bond acceptors (Lipinski definition) is 5. The predicted octanol–water partition coefficient (Wildman–Crippen LogP) is -0.861. The first-order chi connectivity index (χ1) is 8.19. The SMILES string of the molecule is CCOC(=O)CC(=O)N1CC(NC2COC2)C1. The van der Waals surface area contributed by atoms with Crippen LogP contribution in [0.25, 0.3) is 0 Å². The topological polar surface area (TPSA) is 67.9 Å². The highest BCUT2D eigenvalue weighted by Crippen LogP contribution is 2.12. The molecular weight excluding hydrogens is 224 g/mol. The molecule has 0 saturated carbocycles. The van der Waals surface area contributed by atoms with Gasteiger partial charge in [-0.15, -0.1) is 0 Å². The molecule has 17 heavy (non-hydrogen) atoms. The lowest BCUT2D eigenvalue weighted by atomic mass is 10.1. The van der Waals surface area contributed by atoms with Crippen molar-refractivity contribution >= 4 is 11.9 Å². The molecule has 6 heteroatoms. The Bertz CT molecular complexity index is 298. The van der Waals surface area contributed by atoms with Crippen molar-refractivity contribution in [2.45, 2.75) is 25.4 Å². The minimum Gasteiger partial charge on any atom is -0.466 e. The molecule has 96 valence electrons. The molecule has 0 aromatic rings. The van der Waals surface area contributed by atoms with Gasteiger partial charge < -0.3 is 19.7 Å². The van der Waals surface area contributed by atoms with Gasteiger partial charge in [0.1, 0.15) is 6.42 Å². The van der Waals surface area contributed by atoms with Gasteiger partial charge in [-0.05, 0) is 6.92 Å². The molecule has 0 bridgehead atoms. The summed E-state index contributed by atoms with van der Waals surface area (Å²) in [5.74, 6) is -0.590. The number of carbonyl (C=O) groups excluding carboxylic acids is 2. The Morgan fingerprint density at radius 3 is 2.59 bits per heavy atom. The first kappa shape index (κ1) is 12.3. The Morgan fingerprint density at radius 1 is 1.35 bits per heavy atom. The molecule has 6 nitrogen and oxygen atoms in total. The lowest BCUT2D eigenvalue weighted by Gasteiger charge is -2.43. The Balaban J connectivity index is 1.61. The Morgan fingerprint density at radius 2 is 2.06 bits per heavy atom. The molecule has 2 aliphatic rings. The predicted molar refractivity (Wildman–Crippen MR) is 59.4 cm³/mol. The van der Waals surface area contributed by atoms with Gasteiger partial charge in [0, 0.05) is 19.1 Å². The summed E-state index contributed by atoms with van der Waals surface area (Å²) < 4.78 is 9.78. The fraction of sp³-hybridized carbons (Fsp3) is 0.818. The van der Waals surface area contributed by atoms with Crippen LogP contribution in [0, 0.1) is 0 Å². The monoisotopic (exact) mass is 242 g/mol. The van der Waals surface area contributed by atoms with Crippen LogP contribution >= 0.6 is 0 Å². The van der Waals surface area contributed by atoms with Gasteiger partial charge in [-0.3, -0.25) is 9.59 Å². The zero-order valence-electron chi connectivity index (χ0n) is 9.98. The van der Waals surface area contributed by atoms with Crippen molar-refractivity contribution in [2.24, 2.45) is 0 Å². The van der Waals surface area contributed by atoms with Crippen LogP contribution in [0.4, 0.5) is 0 Å². The number of nitrogens with one attached hydrogen (secondary N) is 1. The van der Waals surface area contributed by atoms with Crippen molar-refractivity contribution < 1.29 is 19.1 Å². The third-order valence-electron chi connectivity index (χ3n) is 2.94. The smallest absolute Gasteiger partial charge is 0.315 e. The third-order valence-corrected chi connectivity index (χ3v) is 2.94. The summed E-state index contributed by atoms with van der Waals surface area (Å²) in [6, 6.07) is 0.775.